The number of fused-ring (bicyclic) bond motifs is 7. The van der Waals surface area contributed by atoms with Crippen molar-refractivity contribution in [2.45, 2.75) is 26.2 Å². The molecule has 0 unspecified atom stereocenters. The molecule has 4 heteroatoms. The molecule has 4 aromatic carbocycles. The molecule has 0 atom stereocenters. The number of nitrogens with zero attached hydrogens (tertiary/aromatic N) is 2. The smallest absolute Gasteiger partial charge is 0.145 e. The number of nitriles is 1. The average Bonchev–Trinajstić information content (AvgIpc) is 3.38. The molecular formula is C30H23N3O. The predicted molar refractivity (Wildman–Crippen MR) is 139 cm³/mol. The molecule has 4 nitrogen and oxygen atoms in total. The quantitative estimate of drug-likeness (QED) is 0.278. The Hall–Kier alpha value is -4.36. The standard InChI is InChI=1S/C30H23N3O/c1-30(2,3)20-8-10-25-24(15-20)28-26(33(25)21-13-18(16-31)12-19(14-21)17-32)11-9-23-22-6-4-5-7-27(22)34-29(23)28/h4-16,31H,1-3H3. The maximum Gasteiger partial charge on any atom is 0.145 e. The van der Waals surface area contributed by atoms with Gasteiger partial charge in [0.15, 0.2) is 0 Å². The van der Waals surface area contributed by atoms with Crippen LogP contribution in [0.25, 0.3) is 49.4 Å². The van der Waals surface area contributed by atoms with E-state index in [0.717, 1.165) is 49.4 Å². The normalized spacial score (nSPS) is 12.1. The van der Waals surface area contributed by atoms with Gasteiger partial charge in [-0.2, -0.15) is 5.26 Å². The summed E-state index contributed by atoms with van der Waals surface area (Å²) in [4.78, 5) is 0. The van der Waals surface area contributed by atoms with E-state index in [1.807, 2.05) is 30.3 Å². The highest BCUT2D eigenvalue weighted by Crippen LogP contribution is 2.41. The van der Waals surface area contributed by atoms with Gasteiger partial charge in [-0.3, -0.25) is 0 Å². The van der Waals surface area contributed by atoms with Gasteiger partial charge in [0.05, 0.1) is 28.1 Å². The van der Waals surface area contributed by atoms with Crippen molar-refractivity contribution in [3.8, 4) is 11.8 Å². The first kappa shape index (κ1) is 20.3. The van der Waals surface area contributed by atoms with Gasteiger partial charge in [0.25, 0.3) is 0 Å². The third-order valence-electron chi connectivity index (χ3n) is 6.63. The Bertz CT molecular complexity index is 1820. The lowest BCUT2D eigenvalue weighted by atomic mass is 9.86. The molecule has 1 N–H and O–H groups in total. The van der Waals surface area contributed by atoms with Gasteiger partial charge >= 0.3 is 0 Å². The van der Waals surface area contributed by atoms with Crippen LogP contribution in [0.15, 0.2) is 77.2 Å². The van der Waals surface area contributed by atoms with Crippen molar-refractivity contribution in [3.63, 3.8) is 0 Å². The molecule has 34 heavy (non-hydrogen) atoms. The molecule has 0 fully saturated rings. The highest BCUT2D eigenvalue weighted by atomic mass is 16.3. The van der Waals surface area contributed by atoms with Crippen molar-refractivity contribution in [2.75, 3.05) is 0 Å². The Balaban J connectivity index is 1.83. The summed E-state index contributed by atoms with van der Waals surface area (Å²) >= 11 is 0. The van der Waals surface area contributed by atoms with Crippen LogP contribution < -0.4 is 0 Å². The number of aromatic nitrogens is 1. The zero-order chi connectivity index (χ0) is 23.6. The van der Waals surface area contributed by atoms with Gasteiger partial charge in [-0.25, -0.2) is 0 Å². The first-order valence-electron chi connectivity index (χ1n) is 11.3. The Kier molecular flexibility index (Phi) is 4.21. The number of rotatable bonds is 2. The van der Waals surface area contributed by atoms with Crippen LogP contribution in [0.5, 0.6) is 0 Å². The van der Waals surface area contributed by atoms with E-state index in [1.54, 1.807) is 6.07 Å². The van der Waals surface area contributed by atoms with Crippen LogP contribution in [-0.2, 0) is 5.41 Å². The van der Waals surface area contributed by atoms with Gasteiger partial charge < -0.3 is 14.4 Å². The van der Waals surface area contributed by atoms with Gasteiger partial charge in [-0.15, -0.1) is 0 Å². The van der Waals surface area contributed by atoms with Crippen molar-refractivity contribution in [2.24, 2.45) is 0 Å². The van der Waals surface area contributed by atoms with Crippen LogP contribution in [0.4, 0.5) is 0 Å². The monoisotopic (exact) mass is 441 g/mol. The second kappa shape index (κ2) is 7.07. The maximum absolute atomic E-state index is 9.60. The van der Waals surface area contributed by atoms with Crippen LogP contribution in [0.1, 0.15) is 37.5 Å². The van der Waals surface area contributed by atoms with E-state index in [2.05, 4.69) is 67.8 Å². The minimum Gasteiger partial charge on any atom is -0.455 e. The summed E-state index contributed by atoms with van der Waals surface area (Å²) in [6.07, 6.45) is 1.29. The first-order chi connectivity index (χ1) is 16.4. The third-order valence-corrected chi connectivity index (χ3v) is 6.63. The van der Waals surface area contributed by atoms with E-state index in [1.165, 1.54) is 11.8 Å². The summed E-state index contributed by atoms with van der Waals surface area (Å²) in [7, 11) is 0. The van der Waals surface area contributed by atoms with Crippen LogP contribution in [0.2, 0.25) is 0 Å². The van der Waals surface area contributed by atoms with E-state index < -0.39 is 0 Å². The third kappa shape index (κ3) is 2.87. The molecule has 0 saturated heterocycles. The molecule has 0 aliphatic rings. The van der Waals surface area contributed by atoms with Crippen molar-refractivity contribution in [1.29, 1.82) is 10.7 Å². The predicted octanol–water partition coefficient (Wildman–Crippen LogP) is 7.85. The number of para-hydroxylation sites is 1. The lowest BCUT2D eigenvalue weighted by Gasteiger charge is -2.19. The number of nitrogens with one attached hydrogen (secondary N) is 1. The highest BCUT2D eigenvalue weighted by Gasteiger charge is 2.21. The molecule has 2 heterocycles. The second-order valence-electron chi connectivity index (χ2n) is 9.82. The van der Waals surface area contributed by atoms with Crippen LogP contribution in [0, 0.1) is 16.7 Å². The zero-order valence-corrected chi connectivity index (χ0v) is 19.3. The first-order valence-corrected chi connectivity index (χ1v) is 11.3. The van der Waals surface area contributed by atoms with Gasteiger partial charge in [-0.1, -0.05) is 45.0 Å². The molecule has 164 valence electrons. The van der Waals surface area contributed by atoms with Gasteiger partial charge in [-0.05, 0) is 65.1 Å². The lowest BCUT2D eigenvalue weighted by molar-refractivity contribution is 0.591. The minimum absolute atomic E-state index is 0.00153. The van der Waals surface area contributed by atoms with Crippen LogP contribution in [0.3, 0.4) is 0 Å². The zero-order valence-electron chi connectivity index (χ0n) is 19.3. The van der Waals surface area contributed by atoms with E-state index >= 15 is 0 Å². The summed E-state index contributed by atoms with van der Waals surface area (Å²) in [5, 5.41) is 21.7. The van der Waals surface area contributed by atoms with Gasteiger partial charge in [0.1, 0.15) is 11.2 Å². The summed E-state index contributed by atoms with van der Waals surface area (Å²) in [5.74, 6) is 0. The van der Waals surface area contributed by atoms with E-state index in [-0.39, 0.29) is 5.41 Å². The van der Waals surface area contributed by atoms with Crippen LogP contribution in [-0.4, -0.2) is 10.8 Å². The fourth-order valence-corrected chi connectivity index (χ4v) is 4.94. The summed E-state index contributed by atoms with van der Waals surface area (Å²) in [6, 6.07) is 26.8. The van der Waals surface area contributed by atoms with Crippen molar-refractivity contribution >= 4 is 50.0 Å². The second-order valence-corrected chi connectivity index (χ2v) is 9.82. The maximum atomic E-state index is 9.60. The molecule has 0 saturated carbocycles. The average molecular weight is 442 g/mol. The summed E-state index contributed by atoms with van der Waals surface area (Å²) in [6.45, 7) is 6.66. The topological polar surface area (TPSA) is 65.7 Å². The highest BCUT2D eigenvalue weighted by molar-refractivity contribution is 6.24. The molecule has 0 aliphatic carbocycles. The molecule has 0 amide bonds. The Morgan fingerprint density at radius 1 is 0.882 bits per heavy atom. The van der Waals surface area contributed by atoms with E-state index in [4.69, 9.17) is 9.83 Å². The molecular weight excluding hydrogens is 418 g/mol. The molecule has 2 aromatic heterocycles. The van der Waals surface area contributed by atoms with E-state index in [9.17, 15) is 5.26 Å². The lowest BCUT2D eigenvalue weighted by Crippen LogP contribution is -2.10. The number of furan rings is 1. The minimum atomic E-state index is -0.00153. The Morgan fingerprint density at radius 2 is 1.68 bits per heavy atom. The summed E-state index contributed by atoms with van der Waals surface area (Å²) in [5.41, 5.74) is 7.13. The van der Waals surface area contributed by atoms with E-state index in [0.29, 0.717) is 11.1 Å². The fraction of sp³-hybridized carbons (Fsp3) is 0.133. The number of benzene rings is 4. The largest absolute Gasteiger partial charge is 0.455 e. The van der Waals surface area contributed by atoms with Crippen molar-refractivity contribution in [1.82, 2.24) is 4.57 Å². The van der Waals surface area contributed by atoms with Gasteiger partial charge in [0.2, 0.25) is 0 Å². The Morgan fingerprint density at radius 3 is 2.44 bits per heavy atom. The molecule has 0 bridgehead atoms. The Labute approximate surface area is 197 Å². The molecule has 0 aliphatic heterocycles. The number of hydrogen-bond acceptors (Lipinski definition) is 3. The molecule has 0 radical (unpaired) electrons. The van der Waals surface area contributed by atoms with Crippen molar-refractivity contribution in [3.05, 3.63) is 89.5 Å². The fourth-order valence-electron chi connectivity index (χ4n) is 4.94. The van der Waals surface area contributed by atoms with Crippen LogP contribution >= 0.6 is 0 Å². The number of hydrogen-bond donors (Lipinski definition) is 1. The molecule has 6 aromatic rings. The van der Waals surface area contributed by atoms with Gasteiger partial charge in [0, 0.05) is 28.1 Å². The van der Waals surface area contributed by atoms with Crippen molar-refractivity contribution < 1.29 is 4.42 Å². The molecule has 0 spiro atoms. The summed E-state index contributed by atoms with van der Waals surface area (Å²) < 4.78 is 8.61. The SMILES string of the molecule is CC(C)(C)c1ccc2c(c1)c1c3oc4ccccc4c3ccc1n2-c1cc(C#N)cc(C=N)c1. The molecule has 6 rings (SSSR count).